The molecule has 0 N–H and O–H groups in total. The van der Waals surface area contributed by atoms with Gasteiger partial charge in [0.05, 0.1) is 6.54 Å². The summed E-state index contributed by atoms with van der Waals surface area (Å²) in [5.41, 5.74) is 0.731. The molecule has 0 saturated heterocycles. The Balaban J connectivity index is 1.91. The number of halogens is 5. The smallest absolute Gasteiger partial charge is 0.352 e. The maximum absolute atomic E-state index is 14.5. The van der Waals surface area contributed by atoms with Gasteiger partial charge in [0.2, 0.25) is 0 Å². The number of thiocarbonyl (C=S) groups is 1. The third-order valence-electron chi connectivity index (χ3n) is 5.66. The first-order chi connectivity index (χ1) is 11.8. The van der Waals surface area contributed by atoms with Crippen molar-refractivity contribution < 1.29 is 17.6 Å². The lowest BCUT2D eigenvalue weighted by molar-refractivity contribution is -0.142. The standard InChI is InChI=1S/C17H23ClF4N2S/c18-10-5-6-14-12(7-10)16(11-3-1-2-4-13(11)19)23-8-15(25)24(14)9-17(20,21)22/h10-14H,1-9H2. The monoisotopic (exact) mass is 398 g/mol. The predicted molar refractivity (Wildman–Crippen MR) is 95.3 cm³/mol. The number of hydrogen-bond donors (Lipinski definition) is 0. The Morgan fingerprint density at radius 3 is 2.52 bits per heavy atom. The highest BCUT2D eigenvalue weighted by Crippen LogP contribution is 2.40. The summed E-state index contributed by atoms with van der Waals surface area (Å²) in [6.07, 6.45) is -0.557. The van der Waals surface area contributed by atoms with Gasteiger partial charge in [0.15, 0.2) is 0 Å². The van der Waals surface area contributed by atoms with E-state index >= 15 is 0 Å². The fraction of sp³-hybridized carbons (Fsp3) is 0.882. The zero-order valence-corrected chi connectivity index (χ0v) is 15.5. The van der Waals surface area contributed by atoms with E-state index in [0.29, 0.717) is 32.1 Å². The SMILES string of the molecule is FC1CCCCC1C1=NCC(=S)N(CC(F)(F)F)C2CCC(Cl)CC12. The average Bonchev–Trinajstić information content (AvgIpc) is 2.65. The molecule has 0 spiro atoms. The minimum atomic E-state index is -4.33. The first-order valence-corrected chi connectivity index (χ1v) is 9.79. The fourth-order valence-electron chi connectivity index (χ4n) is 4.56. The van der Waals surface area contributed by atoms with Crippen LogP contribution in [0.5, 0.6) is 0 Å². The van der Waals surface area contributed by atoms with Gasteiger partial charge in [-0.3, -0.25) is 4.99 Å². The van der Waals surface area contributed by atoms with Gasteiger partial charge in [-0.1, -0.05) is 25.1 Å². The van der Waals surface area contributed by atoms with Crippen LogP contribution in [0.2, 0.25) is 0 Å². The molecule has 2 nitrogen and oxygen atoms in total. The molecular formula is C17H23ClF4N2S. The molecule has 5 atom stereocenters. The van der Waals surface area contributed by atoms with E-state index in [2.05, 4.69) is 4.99 Å². The van der Waals surface area contributed by atoms with Crippen molar-refractivity contribution >= 4 is 34.5 Å². The highest BCUT2D eigenvalue weighted by Gasteiger charge is 2.45. The van der Waals surface area contributed by atoms with E-state index in [0.717, 1.165) is 18.6 Å². The number of nitrogens with zero attached hydrogens (tertiary/aromatic N) is 2. The van der Waals surface area contributed by atoms with Crippen LogP contribution in [0.1, 0.15) is 44.9 Å². The first-order valence-electron chi connectivity index (χ1n) is 8.95. The van der Waals surface area contributed by atoms with E-state index < -0.39 is 18.9 Å². The predicted octanol–water partition coefficient (Wildman–Crippen LogP) is 4.94. The zero-order chi connectivity index (χ0) is 18.2. The molecule has 5 unspecified atom stereocenters. The van der Waals surface area contributed by atoms with Crippen LogP contribution in [0.25, 0.3) is 0 Å². The van der Waals surface area contributed by atoms with Crippen LogP contribution >= 0.6 is 23.8 Å². The lowest BCUT2D eigenvalue weighted by atomic mass is 9.72. The molecule has 2 aliphatic carbocycles. The first kappa shape index (κ1) is 19.3. The van der Waals surface area contributed by atoms with Crippen LogP contribution in [0.3, 0.4) is 0 Å². The molecule has 3 aliphatic rings. The van der Waals surface area contributed by atoms with Crippen LogP contribution in [-0.2, 0) is 0 Å². The molecule has 2 saturated carbocycles. The van der Waals surface area contributed by atoms with Crippen molar-refractivity contribution in [2.24, 2.45) is 16.8 Å². The molecule has 0 radical (unpaired) electrons. The van der Waals surface area contributed by atoms with Gasteiger partial charge >= 0.3 is 6.18 Å². The quantitative estimate of drug-likeness (QED) is 0.372. The topological polar surface area (TPSA) is 15.6 Å². The Morgan fingerprint density at radius 1 is 1.12 bits per heavy atom. The van der Waals surface area contributed by atoms with E-state index in [1.54, 1.807) is 0 Å². The maximum atomic E-state index is 14.5. The minimum absolute atomic E-state index is 0.0456. The van der Waals surface area contributed by atoms with Crippen molar-refractivity contribution in [1.29, 1.82) is 0 Å². The van der Waals surface area contributed by atoms with Crippen molar-refractivity contribution in [2.75, 3.05) is 13.1 Å². The summed E-state index contributed by atoms with van der Waals surface area (Å²) in [6, 6.07) is -0.375. The second kappa shape index (κ2) is 7.67. The second-order valence-corrected chi connectivity index (χ2v) is 8.46. The minimum Gasteiger partial charge on any atom is -0.352 e. The largest absolute Gasteiger partial charge is 0.405 e. The summed E-state index contributed by atoms with van der Waals surface area (Å²) in [6.45, 7) is -1.02. The van der Waals surface area contributed by atoms with Gasteiger partial charge in [-0.15, -0.1) is 11.6 Å². The lowest BCUT2D eigenvalue weighted by Crippen LogP contribution is -2.52. The van der Waals surface area contributed by atoms with Crippen LogP contribution in [0.15, 0.2) is 4.99 Å². The molecular weight excluding hydrogens is 376 g/mol. The molecule has 142 valence electrons. The molecule has 3 rings (SSSR count). The summed E-state index contributed by atoms with van der Waals surface area (Å²) < 4.78 is 53.8. The molecule has 0 aromatic rings. The Kier molecular flexibility index (Phi) is 5.93. The number of hydrogen-bond acceptors (Lipinski definition) is 2. The van der Waals surface area contributed by atoms with Crippen molar-refractivity contribution in [1.82, 2.24) is 4.90 Å². The number of fused-ring (bicyclic) bond motifs is 1. The Bertz CT molecular complexity index is 539. The van der Waals surface area contributed by atoms with Crippen molar-refractivity contribution in [3.05, 3.63) is 0 Å². The summed E-state index contributed by atoms with van der Waals surface area (Å²) in [4.78, 5) is 6.04. The van der Waals surface area contributed by atoms with Crippen LogP contribution in [0.4, 0.5) is 17.6 Å². The van der Waals surface area contributed by atoms with Crippen molar-refractivity contribution in [3.8, 4) is 0 Å². The van der Waals surface area contributed by atoms with Gasteiger partial charge < -0.3 is 4.90 Å². The third-order valence-corrected chi connectivity index (χ3v) is 6.42. The van der Waals surface area contributed by atoms with Crippen molar-refractivity contribution in [2.45, 2.75) is 68.7 Å². The van der Waals surface area contributed by atoms with Crippen LogP contribution < -0.4 is 0 Å². The average molecular weight is 399 g/mol. The van der Waals surface area contributed by atoms with Crippen LogP contribution in [0, 0.1) is 11.8 Å². The normalized spacial score (nSPS) is 37.3. The number of alkyl halides is 5. The van der Waals surface area contributed by atoms with Gasteiger partial charge in [-0.2, -0.15) is 13.2 Å². The van der Waals surface area contributed by atoms with Gasteiger partial charge in [0, 0.05) is 29.0 Å². The highest BCUT2D eigenvalue weighted by molar-refractivity contribution is 7.80. The van der Waals surface area contributed by atoms with Gasteiger partial charge in [0.1, 0.15) is 17.7 Å². The summed E-state index contributed by atoms with van der Waals surface area (Å²) in [5.74, 6) is -0.530. The summed E-state index contributed by atoms with van der Waals surface area (Å²) in [5, 5.41) is -0.104. The molecule has 0 aromatic carbocycles. The molecule has 1 heterocycles. The summed E-state index contributed by atoms with van der Waals surface area (Å²) >= 11 is 11.6. The molecule has 8 heteroatoms. The van der Waals surface area contributed by atoms with E-state index in [4.69, 9.17) is 23.8 Å². The Labute approximate surface area is 156 Å². The zero-order valence-electron chi connectivity index (χ0n) is 13.9. The van der Waals surface area contributed by atoms with Gasteiger partial charge in [-0.25, -0.2) is 4.39 Å². The molecule has 25 heavy (non-hydrogen) atoms. The third kappa shape index (κ3) is 4.46. The second-order valence-electron chi connectivity index (χ2n) is 7.37. The van der Waals surface area contributed by atoms with Gasteiger partial charge in [0.25, 0.3) is 0 Å². The Morgan fingerprint density at radius 2 is 1.84 bits per heavy atom. The van der Waals surface area contributed by atoms with E-state index in [1.165, 1.54) is 4.90 Å². The fourth-order valence-corrected chi connectivity index (χ4v) is 5.14. The molecule has 0 aromatic heterocycles. The number of aliphatic imine (C=N–C) groups is 1. The molecule has 0 amide bonds. The lowest BCUT2D eigenvalue weighted by Gasteiger charge is -2.43. The van der Waals surface area contributed by atoms with Crippen molar-refractivity contribution in [3.63, 3.8) is 0 Å². The highest BCUT2D eigenvalue weighted by atomic mass is 35.5. The van der Waals surface area contributed by atoms with E-state index in [1.807, 2.05) is 0 Å². The number of rotatable bonds is 2. The maximum Gasteiger partial charge on any atom is 0.405 e. The van der Waals surface area contributed by atoms with Gasteiger partial charge in [-0.05, 0) is 32.1 Å². The molecule has 2 fully saturated rings. The van der Waals surface area contributed by atoms with E-state index in [9.17, 15) is 17.6 Å². The van der Waals surface area contributed by atoms with Crippen LogP contribution in [-0.4, -0.2) is 52.5 Å². The Hall–Kier alpha value is -0.430. The molecule has 1 aliphatic heterocycles. The molecule has 0 bridgehead atoms. The summed E-state index contributed by atoms with van der Waals surface area (Å²) in [7, 11) is 0. The van der Waals surface area contributed by atoms with E-state index in [-0.39, 0.29) is 34.8 Å².